The Hall–Kier alpha value is -1.12. The standard InChI is InChI=1S/C28H50O4.4C4H10O4.2H3O3P/c1-3-5-7-9-11-13-18-22-28(27(31)26(30)24-29,32-25-20-16-15-17-21-25)23-19-14-12-10-8-6-4-2;4*5-1-3(7)4(8)2-6;2*1-4(2)3/h15-17,20-21,26-27,29-31H,3-14,18-19,22-24H2,1-2H3;4*3-8H,1-2H2;2*1-3H/t26-,27-;4*3-,4+;;/m1....../s1. The van der Waals surface area contributed by atoms with Gasteiger partial charge in [0.2, 0.25) is 0 Å². The maximum Gasteiger partial charge on any atom is 0.324 e. The average Bonchev–Trinajstić information content (AvgIpc) is 3.38. The lowest BCUT2D eigenvalue weighted by Gasteiger charge is -2.40. The van der Waals surface area contributed by atoms with Crippen LogP contribution in [0.2, 0.25) is 0 Å². The van der Waals surface area contributed by atoms with Crippen LogP contribution < -0.4 is 4.74 Å². The van der Waals surface area contributed by atoms with Crippen LogP contribution >= 0.6 is 17.2 Å². The van der Waals surface area contributed by atoms with Crippen LogP contribution in [0.15, 0.2) is 30.3 Å². The molecule has 0 aliphatic rings. The first-order valence-electron chi connectivity index (χ1n) is 23.7. The Kier molecular flexibility index (Phi) is 67.5. The van der Waals surface area contributed by atoms with Crippen molar-refractivity contribution in [1.82, 2.24) is 0 Å². The van der Waals surface area contributed by atoms with Crippen LogP contribution in [-0.2, 0) is 0 Å². The largest absolute Gasteiger partial charge is 0.484 e. The maximum absolute atomic E-state index is 11.1. The molecule has 0 fully saturated rings. The van der Waals surface area contributed by atoms with Crippen molar-refractivity contribution in [3.8, 4) is 5.75 Å². The molecule has 26 nitrogen and oxygen atoms in total. The lowest BCUT2D eigenvalue weighted by Crippen LogP contribution is -2.54. The molecule has 0 aromatic heterocycles. The van der Waals surface area contributed by atoms with Gasteiger partial charge in [-0.15, -0.1) is 0 Å². The smallest absolute Gasteiger partial charge is 0.324 e. The van der Waals surface area contributed by atoms with Crippen LogP contribution in [0.4, 0.5) is 0 Å². The second-order valence-corrected chi connectivity index (χ2v) is 17.0. The summed E-state index contributed by atoms with van der Waals surface area (Å²) in [6.45, 7) is -0.213. The Morgan fingerprint density at radius 1 is 0.347 bits per heavy atom. The molecular formula is C44H96O26P2. The Balaban J connectivity index is -0.000000219. The highest BCUT2D eigenvalue weighted by atomic mass is 31.2. The minimum atomic E-state index is -2.62. The summed E-state index contributed by atoms with van der Waals surface area (Å²) in [6, 6.07) is 9.61. The number of aliphatic hydroxyl groups excluding tert-OH is 19. The quantitative estimate of drug-likeness (QED) is 0.0235. The van der Waals surface area contributed by atoms with Crippen LogP contribution in [0.3, 0.4) is 0 Å². The van der Waals surface area contributed by atoms with E-state index in [1.54, 1.807) is 0 Å². The van der Waals surface area contributed by atoms with Crippen LogP contribution in [0.1, 0.15) is 117 Å². The Morgan fingerprint density at radius 3 is 0.764 bits per heavy atom. The highest BCUT2D eigenvalue weighted by Gasteiger charge is 2.43. The number of unbranched alkanes of at least 4 members (excludes halogenated alkanes) is 12. The highest BCUT2D eigenvalue weighted by Crippen LogP contribution is 2.34. The van der Waals surface area contributed by atoms with Crippen LogP contribution in [0, 0.1) is 0 Å². The predicted octanol–water partition coefficient (Wildman–Crippen LogP) is -4.05. The molecule has 0 unspecified atom stereocenters. The lowest BCUT2D eigenvalue weighted by atomic mass is 9.82. The van der Waals surface area contributed by atoms with Crippen molar-refractivity contribution < 1.29 is 131 Å². The van der Waals surface area contributed by atoms with Crippen LogP contribution in [0.25, 0.3) is 0 Å². The molecule has 0 aliphatic carbocycles. The monoisotopic (exact) mass is 1100 g/mol. The van der Waals surface area contributed by atoms with E-state index in [1.807, 2.05) is 30.3 Å². The molecular weight excluding hydrogens is 1010 g/mol. The number of hydrogen-bond acceptors (Lipinski definition) is 26. The van der Waals surface area contributed by atoms with Gasteiger partial charge in [-0.2, -0.15) is 0 Å². The predicted molar refractivity (Wildman–Crippen MR) is 266 cm³/mol. The van der Waals surface area contributed by atoms with Crippen molar-refractivity contribution in [2.45, 2.75) is 183 Å². The van der Waals surface area contributed by atoms with Crippen molar-refractivity contribution in [3.05, 3.63) is 30.3 Å². The normalized spacial score (nSPS) is 15.1. The van der Waals surface area contributed by atoms with Gasteiger partial charge < -0.3 is 131 Å². The topological polar surface area (TPSA) is 515 Å². The zero-order valence-electron chi connectivity index (χ0n) is 41.8. The number of para-hydroxylation sites is 1. The fourth-order valence-electron chi connectivity index (χ4n) is 5.49. The number of rotatable bonds is 33. The molecule has 0 aliphatic heterocycles. The van der Waals surface area contributed by atoms with Gasteiger partial charge in [0.25, 0.3) is 0 Å². The van der Waals surface area contributed by atoms with Crippen molar-refractivity contribution >= 4 is 17.2 Å². The third-order valence-electron chi connectivity index (χ3n) is 9.83. The molecule has 1 aromatic rings. The molecule has 0 bridgehead atoms. The van der Waals surface area contributed by atoms with Gasteiger partial charge >= 0.3 is 17.2 Å². The molecule has 0 saturated carbocycles. The summed E-state index contributed by atoms with van der Waals surface area (Å²) in [7, 11) is -5.24. The van der Waals surface area contributed by atoms with Gasteiger partial charge in [0.05, 0.1) is 59.5 Å². The first-order chi connectivity index (χ1) is 33.9. The van der Waals surface area contributed by atoms with Gasteiger partial charge in [-0.3, -0.25) is 0 Å². The first-order valence-corrected chi connectivity index (χ1v) is 26.1. The summed E-state index contributed by atoms with van der Waals surface area (Å²) >= 11 is 0. The van der Waals surface area contributed by atoms with Gasteiger partial charge in [-0.1, -0.05) is 109 Å². The molecule has 438 valence electrons. The summed E-state index contributed by atoms with van der Waals surface area (Å²) in [5.74, 6) is 0.711. The van der Waals surface area contributed by atoms with Gasteiger partial charge in [0, 0.05) is 0 Å². The summed E-state index contributed by atoms with van der Waals surface area (Å²) in [4.78, 5) is 43.4. The summed E-state index contributed by atoms with van der Waals surface area (Å²) < 4.78 is 6.46. The van der Waals surface area contributed by atoms with Crippen molar-refractivity contribution in [3.63, 3.8) is 0 Å². The van der Waals surface area contributed by atoms with Gasteiger partial charge in [-0.05, 0) is 37.8 Å². The van der Waals surface area contributed by atoms with E-state index in [1.165, 1.54) is 64.2 Å². The van der Waals surface area contributed by atoms with Crippen LogP contribution in [-0.4, -0.2) is 252 Å². The molecule has 1 aromatic carbocycles. The van der Waals surface area contributed by atoms with Gasteiger partial charge in [0.1, 0.15) is 72.4 Å². The van der Waals surface area contributed by atoms with Crippen molar-refractivity contribution in [1.29, 1.82) is 0 Å². The van der Waals surface area contributed by atoms with E-state index in [-0.39, 0.29) is 0 Å². The number of ether oxygens (including phenoxy) is 1. The second-order valence-electron chi connectivity index (χ2n) is 16.0. The minimum Gasteiger partial charge on any atom is -0.484 e. The highest BCUT2D eigenvalue weighted by molar-refractivity contribution is 7.38. The fourth-order valence-corrected chi connectivity index (χ4v) is 5.49. The Morgan fingerprint density at radius 2 is 0.556 bits per heavy atom. The zero-order chi connectivity index (χ0) is 56.9. The average molecular weight is 1100 g/mol. The molecule has 0 saturated heterocycles. The third-order valence-corrected chi connectivity index (χ3v) is 9.83. The number of aliphatic hydroxyl groups is 19. The fraction of sp³-hybridized carbons (Fsp3) is 0.864. The molecule has 1 rings (SSSR count). The van der Waals surface area contributed by atoms with Gasteiger partial charge in [-0.25, -0.2) is 0 Å². The molecule has 28 heteroatoms. The Labute approximate surface area is 426 Å². The van der Waals surface area contributed by atoms with E-state index in [0.29, 0.717) is 18.6 Å². The van der Waals surface area contributed by atoms with Crippen molar-refractivity contribution in [2.24, 2.45) is 0 Å². The van der Waals surface area contributed by atoms with E-state index in [2.05, 4.69) is 13.8 Å². The minimum absolute atomic E-state index is 0.463. The summed E-state index contributed by atoms with van der Waals surface area (Å²) in [5.41, 5.74) is -0.879. The van der Waals surface area contributed by atoms with E-state index >= 15 is 0 Å². The third kappa shape index (κ3) is 55.1. The molecule has 0 amide bonds. The Bertz CT molecular complexity index is 1040. The molecule has 25 N–H and O–H groups in total. The van der Waals surface area contributed by atoms with E-state index in [0.717, 1.165) is 25.7 Å². The molecule has 0 radical (unpaired) electrons. The number of benzene rings is 1. The number of hydrogen-bond donors (Lipinski definition) is 25. The van der Waals surface area contributed by atoms with E-state index in [9.17, 15) is 15.3 Å². The summed E-state index contributed by atoms with van der Waals surface area (Å²) in [5, 5.41) is 164. The maximum atomic E-state index is 11.1. The SMILES string of the molecule is CCCCCCCCCC(CCCCCCCCC)(Oc1ccccc1)[C@H](O)[C@H](O)CO.OC[C@@H](O)[C@@H](O)CO.OC[C@@H](O)[C@@H](O)CO.OC[C@@H](O)[C@@H](O)CO.OC[C@@H](O)[C@@H](O)CO.OP(O)O.OP(O)O. The van der Waals surface area contributed by atoms with Gasteiger partial charge in [0.15, 0.2) is 0 Å². The van der Waals surface area contributed by atoms with E-state index < -0.39 is 143 Å². The summed E-state index contributed by atoms with van der Waals surface area (Å²) in [6.07, 6.45) is 5.90. The molecule has 0 heterocycles. The molecule has 10 atom stereocenters. The molecule has 0 spiro atoms. The molecule has 72 heavy (non-hydrogen) atoms. The lowest BCUT2D eigenvalue weighted by molar-refractivity contribution is -0.130. The first kappa shape index (κ1) is 82.2. The van der Waals surface area contributed by atoms with Crippen LogP contribution in [0.5, 0.6) is 5.75 Å². The second kappa shape index (κ2) is 59.1. The van der Waals surface area contributed by atoms with E-state index in [4.69, 9.17) is 116 Å². The van der Waals surface area contributed by atoms with Crippen molar-refractivity contribution in [2.75, 3.05) is 59.5 Å². The zero-order valence-corrected chi connectivity index (χ0v) is 43.6.